The number of nitrogens with zero attached hydrogens (tertiary/aromatic N) is 1. The number of hydrogen-bond donors (Lipinski definition) is 1. The summed E-state index contributed by atoms with van der Waals surface area (Å²) in [6, 6.07) is 16.1. The van der Waals surface area contributed by atoms with Crippen molar-refractivity contribution in [2.75, 3.05) is 5.32 Å². The third-order valence-corrected chi connectivity index (χ3v) is 4.45. The van der Waals surface area contributed by atoms with Crippen LogP contribution in [0.1, 0.15) is 23.0 Å². The van der Waals surface area contributed by atoms with Gasteiger partial charge in [-0.05, 0) is 44.2 Å². The van der Waals surface area contributed by atoms with Crippen molar-refractivity contribution in [2.45, 2.75) is 20.4 Å². The largest absolute Gasteiger partial charge is 0.469 e. The molecule has 0 saturated carbocycles. The molecule has 2 aromatic heterocycles. The lowest BCUT2D eigenvalue weighted by Gasteiger charge is -2.06. The molecule has 2 heterocycles. The van der Waals surface area contributed by atoms with E-state index in [1.165, 1.54) is 22.7 Å². The summed E-state index contributed by atoms with van der Waals surface area (Å²) in [6.07, 6.45) is 1.53. The zero-order valence-corrected chi connectivity index (χ0v) is 13.7. The predicted molar refractivity (Wildman–Crippen MR) is 96.5 cm³/mol. The van der Waals surface area contributed by atoms with Crippen molar-refractivity contribution in [3.05, 3.63) is 66.1 Å². The molecule has 0 aliphatic carbocycles. The maximum atomic E-state index is 12.4. The number of benzene rings is 2. The normalized spacial score (nSPS) is 11.2. The minimum Gasteiger partial charge on any atom is -0.469 e. The molecule has 4 rings (SSSR count). The van der Waals surface area contributed by atoms with E-state index in [9.17, 15) is 4.79 Å². The van der Waals surface area contributed by atoms with Gasteiger partial charge < -0.3 is 14.3 Å². The Balaban J connectivity index is 1.80. The number of aromatic nitrogens is 1. The van der Waals surface area contributed by atoms with Crippen LogP contribution in [0.25, 0.3) is 21.8 Å². The van der Waals surface area contributed by atoms with Gasteiger partial charge in [0.2, 0.25) is 0 Å². The number of fused-ring (bicyclic) bond motifs is 3. The zero-order valence-electron chi connectivity index (χ0n) is 13.7. The fraction of sp³-hybridized carbons (Fsp3) is 0.150. The first-order valence-corrected chi connectivity index (χ1v) is 8.05. The first kappa shape index (κ1) is 14.6. The average Bonchev–Trinajstić information content (AvgIpc) is 3.16. The Labute approximate surface area is 139 Å². The second-order valence-electron chi connectivity index (χ2n) is 5.84. The van der Waals surface area contributed by atoms with Crippen molar-refractivity contribution in [2.24, 2.45) is 0 Å². The summed E-state index contributed by atoms with van der Waals surface area (Å²) in [5.41, 5.74) is 3.73. The van der Waals surface area contributed by atoms with Gasteiger partial charge in [-0.2, -0.15) is 0 Å². The van der Waals surface area contributed by atoms with E-state index in [1.54, 1.807) is 13.0 Å². The lowest BCUT2D eigenvalue weighted by Crippen LogP contribution is -2.11. The van der Waals surface area contributed by atoms with Gasteiger partial charge in [-0.25, -0.2) is 0 Å². The minimum absolute atomic E-state index is 0.153. The number of carbonyl (C=O) groups excluding carboxylic acids is 1. The van der Waals surface area contributed by atoms with E-state index in [0.29, 0.717) is 11.3 Å². The Hall–Kier alpha value is -3.01. The maximum Gasteiger partial charge on any atom is 0.259 e. The van der Waals surface area contributed by atoms with Gasteiger partial charge in [-0.1, -0.05) is 18.2 Å². The number of anilines is 1. The van der Waals surface area contributed by atoms with Crippen LogP contribution in [0.2, 0.25) is 0 Å². The first-order chi connectivity index (χ1) is 11.7. The second-order valence-corrected chi connectivity index (χ2v) is 5.84. The summed E-state index contributed by atoms with van der Waals surface area (Å²) in [6.45, 7) is 4.83. The fourth-order valence-electron chi connectivity index (χ4n) is 3.29. The van der Waals surface area contributed by atoms with Crippen molar-refractivity contribution < 1.29 is 9.21 Å². The lowest BCUT2D eigenvalue weighted by atomic mass is 10.1. The summed E-state index contributed by atoms with van der Waals surface area (Å²) in [7, 11) is 0. The summed E-state index contributed by atoms with van der Waals surface area (Å²) in [5, 5.41) is 5.31. The van der Waals surface area contributed by atoms with Crippen LogP contribution in [0, 0.1) is 6.92 Å². The van der Waals surface area contributed by atoms with E-state index in [0.717, 1.165) is 17.6 Å². The van der Waals surface area contributed by atoms with Gasteiger partial charge in [0, 0.05) is 34.0 Å². The molecule has 0 unspecified atom stereocenters. The van der Waals surface area contributed by atoms with Crippen molar-refractivity contribution >= 4 is 33.4 Å². The Morgan fingerprint density at radius 3 is 2.62 bits per heavy atom. The van der Waals surface area contributed by atoms with Crippen LogP contribution in [-0.2, 0) is 6.54 Å². The molecule has 0 aliphatic heterocycles. The van der Waals surface area contributed by atoms with Gasteiger partial charge in [-0.15, -0.1) is 0 Å². The Morgan fingerprint density at radius 1 is 1.08 bits per heavy atom. The van der Waals surface area contributed by atoms with Crippen LogP contribution >= 0.6 is 0 Å². The summed E-state index contributed by atoms with van der Waals surface area (Å²) in [4.78, 5) is 12.4. The summed E-state index contributed by atoms with van der Waals surface area (Å²) < 4.78 is 7.49. The summed E-state index contributed by atoms with van der Waals surface area (Å²) >= 11 is 0. The Morgan fingerprint density at radius 2 is 1.88 bits per heavy atom. The number of rotatable bonds is 3. The van der Waals surface area contributed by atoms with E-state index in [1.807, 2.05) is 18.2 Å². The smallest absolute Gasteiger partial charge is 0.259 e. The van der Waals surface area contributed by atoms with Gasteiger partial charge >= 0.3 is 0 Å². The molecule has 0 aliphatic rings. The van der Waals surface area contributed by atoms with E-state index in [4.69, 9.17) is 4.42 Å². The molecular weight excluding hydrogens is 300 g/mol. The number of amides is 1. The van der Waals surface area contributed by atoms with E-state index in [2.05, 4.69) is 41.1 Å². The molecule has 1 amide bonds. The number of nitrogens with one attached hydrogen (secondary N) is 1. The van der Waals surface area contributed by atoms with Crippen LogP contribution in [0.4, 0.5) is 5.69 Å². The number of hydrogen-bond acceptors (Lipinski definition) is 2. The maximum absolute atomic E-state index is 12.4. The van der Waals surface area contributed by atoms with E-state index in [-0.39, 0.29) is 5.91 Å². The monoisotopic (exact) mass is 318 g/mol. The third-order valence-electron chi connectivity index (χ3n) is 4.45. The first-order valence-electron chi connectivity index (χ1n) is 8.05. The van der Waals surface area contributed by atoms with Crippen LogP contribution in [0.15, 0.2) is 59.2 Å². The molecule has 0 bridgehead atoms. The number of aryl methyl sites for hydroxylation is 2. The van der Waals surface area contributed by atoms with Gasteiger partial charge in [0.25, 0.3) is 5.91 Å². The van der Waals surface area contributed by atoms with Crippen LogP contribution < -0.4 is 5.32 Å². The van der Waals surface area contributed by atoms with Crippen molar-refractivity contribution in [3.63, 3.8) is 0 Å². The molecule has 24 heavy (non-hydrogen) atoms. The minimum atomic E-state index is -0.153. The number of furan rings is 1. The van der Waals surface area contributed by atoms with Gasteiger partial charge in [0.05, 0.1) is 11.8 Å². The van der Waals surface area contributed by atoms with E-state index >= 15 is 0 Å². The second kappa shape index (κ2) is 5.57. The fourth-order valence-corrected chi connectivity index (χ4v) is 3.29. The number of para-hydroxylation sites is 1. The van der Waals surface area contributed by atoms with Crippen molar-refractivity contribution in [1.82, 2.24) is 4.57 Å². The van der Waals surface area contributed by atoms with E-state index < -0.39 is 0 Å². The van der Waals surface area contributed by atoms with Crippen LogP contribution in [-0.4, -0.2) is 10.5 Å². The van der Waals surface area contributed by atoms with Crippen molar-refractivity contribution in [1.29, 1.82) is 0 Å². The standard InChI is InChI=1S/C20H18N2O2/c1-3-22-18-7-5-4-6-16(18)17-12-14(8-9-19(17)22)21-20(23)15-10-11-24-13(15)2/h4-12H,3H2,1-2H3,(H,21,23). The van der Waals surface area contributed by atoms with Crippen LogP contribution in [0.5, 0.6) is 0 Å². The van der Waals surface area contributed by atoms with Gasteiger partial charge in [0.1, 0.15) is 5.76 Å². The topological polar surface area (TPSA) is 47.2 Å². The highest BCUT2D eigenvalue weighted by Crippen LogP contribution is 2.31. The quantitative estimate of drug-likeness (QED) is 0.580. The molecule has 0 saturated heterocycles. The zero-order chi connectivity index (χ0) is 16.7. The lowest BCUT2D eigenvalue weighted by molar-refractivity contribution is 0.102. The predicted octanol–water partition coefficient (Wildman–Crippen LogP) is 4.97. The van der Waals surface area contributed by atoms with Crippen LogP contribution in [0.3, 0.4) is 0 Å². The molecule has 1 N–H and O–H groups in total. The molecule has 4 nitrogen and oxygen atoms in total. The molecule has 0 atom stereocenters. The Bertz CT molecular complexity index is 1060. The molecule has 0 radical (unpaired) electrons. The highest BCUT2D eigenvalue weighted by atomic mass is 16.3. The molecule has 120 valence electrons. The third kappa shape index (κ3) is 2.19. The van der Waals surface area contributed by atoms with Crippen molar-refractivity contribution in [3.8, 4) is 0 Å². The highest BCUT2D eigenvalue weighted by molar-refractivity contribution is 6.11. The molecule has 4 aromatic rings. The molecule has 0 spiro atoms. The van der Waals surface area contributed by atoms with Gasteiger partial charge in [-0.3, -0.25) is 4.79 Å². The number of carbonyl (C=O) groups is 1. The Kier molecular flexibility index (Phi) is 3.38. The highest BCUT2D eigenvalue weighted by Gasteiger charge is 2.13. The molecule has 0 fully saturated rings. The van der Waals surface area contributed by atoms with Gasteiger partial charge in [0.15, 0.2) is 0 Å². The molecule has 4 heteroatoms. The molecular formula is C20H18N2O2. The molecule has 2 aromatic carbocycles. The average molecular weight is 318 g/mol. The SMILES string of the molecule is CCn1c2ccccc2c2cc(NC(=O)c3ccoc3C)ccc21. The summed E-state index contributed by atoms with van der Waals surface area (Å²) in [5.74, 6) is 0.469.